The number of rotatable bonds is 4. The molecule has 4 N–H and O–H groups in total. The topological polar surface area (TPSA) is 120 Å². The maximum atomic E-state index is 11.8. The first-order chi connectivity index (χ1) is 9.04. The summed E-state index contributed by atoms with van der Waals surface area (Å²) in [5.74, 6) is -0.272. The van der Waals surface area contributed by atoms with Crippen molar-refractivity contribution in [3.8, 4) is 0 Å². The summed E-state index contributed by atoms with van der Waals surface area (Å²) in [7, 11) is 0. The van der Waals surface area contributed by atoms with Gasteiger partial charge in [-0.25, -0.2) is 0 Å². The van der Waals surface area contributed by atoms with Crippen LogP contribution in [0.5, 0.6) is 0 Å². The zero-order chi connectivity index (χ0) is 14.0. The van der Waals surface area contributed by atoms with Gasteiger partial charge >= 0.3 is 0 Å². The van der Waals surface area contributed by atoms with E-state index in [0.717, 1.165) is 0 Å². The number of aliphatic hydroxyl groups excluding tert-OH is 4. The van der Waals surface area contributed by atoms with E-state index in [1.807, 2.05) is 0 Å². The second kappa shape index (κ2) is 5.81. The summed E-state index contributed by atoms with van der Waals surface area (Å²) in [6, 6.07) is 3.03. The van der Waals surface area contributed by atoms with Gasteiger partial charge in [-0.05, 0) is 12.1 Å². The van der Waals surface area contributed by atoms with Crippen LogP contribution in [0.2, 0.25) is 0 Å². The first-order valence-electron chi connectivity index (χ1n) is 5.91. The number of carbonyl (C=O) groups excluding carboxylic acids is 1. The molecule has 5 atom stereocenters. The van der Waals surface area contributed by atoms with Crippen molar-refractivity contribution < 1.29 is 34.4 Å². The molecule has 0 amide bonds. The van der Waals surface area contributed by atoms with Crippen LogP contribution in [0.1, 0.15) is 17.0 Å². The molecule has 1 aliphatic rings. The van der Waals surface area contributed by atoms with Gasteiger partial charge in [0.15, 0.2) is 5.76 Å². The van der Waals surface area contributed by atoms with Gasteiger partial charge in [0.2, 0.25) is 5.78 Å². The van der Waals surface area contributed by atoms with Crippen molar-refractivity contribution in [2.45, 2.75) is 36.9 Å². The number of Topliss-reactive ketones (excluding diaryl/α,β-unsaturated/α-hetero) is 1. The summed E-state index contributed by atoms with van der Waals surface area (Å²) in [6.07, 6.45) is -5.18. The molecule has 19 heavy (non-hydrogen) atoms. The third-order valence-corrected chi connectivity index (χ3v) is 3.17. The van der Waals surface area contributed by atoms with Crippen LogP contribution in [0, 0.1) is 0 Å². The lowest BCUT2D eigenvalue weighted by atomic mass is 9.92. The Morgan fingerprint density at radius 2 is 1.84 bits per heavy atom. The zero-order valence-corrected chi connectivity index (χ0v) is 10.0. The molecule has 106 valence electrons. The Morgan fingerprint density at radius 3 is 2.42 bits per heavy atom. The number of ether oxygens (including phenoxy) is 1. The molecule has 1 aromatic heterocycles. The molecule has 0 aromatic carbocycles. The highest BCUT2D eigenvalue weighted by molar-refractivity contribution is 5.93. The monoisotopic (exact) mass is 272 g/mol. The molecule has 0 bridgehead atoms. The molecule has 1 aliphatic heterocycles. The SMILES string of the molecule is O=C(C[C@@H]1O[C@H](CO)[C@@H](O)[C@H](O)[C@H]1O)c1ccco1. The summed E-state index contributed by atoms with van der Waals surface area (Å²) < 4.78 is 10.2. The van der Waals surface area contributed by atoms with Crippen molar-refractivity contribution >= 4 is 5.78 Å². The van der Waals surface area contributed by atoms with Crippen LogP contribution in [0.4, 0.5) is 0 Å². The first kappa shape index (κ1) is 14.2. The van der Waals surface area contributed by atoms with E-state index in [-0.39, 0.29) is 12.2 Å². The molecular formula is C12H16O7. The predicted octanol–water partition coefficient (Wildman–Crippen LogP) is -1.31. The third-order valence-electron chi connectivity index (χ3n) is 3.17. The highest BCUT2D eigenvalue weighted by atomic mass is 16.5. The molecule has 0 saturated carbocycles. The number of ketones is 1. The Balaban J connectivity index is 2.05. The number of aliphatic hydroxyl groups is 4. The second-order valence-corrected chi connectivity index (χ2v) is 4.47. The molecule has 2 rings (SSSR count). The fourth-order valence-corrected chi connectivity index (χ4v) is 2.07. The maximum Gasteiger partial charge on any atom is 0.200 e. The van der Waals surface area contributed by atoms with E-state index in [0.29, 0.717) is 0 Å². The van der Waals surface area contributed by atoms with Crippen molar-refractivity contribution in [3.05, 3.63) is 24.2 Å². The minimum Gasteiger partial charge on any atom is -0.461 e. The van der Waals surface area contributed by atoms with Gasteiger partial charge < -0.3 is 29.6 Å². The molecule has 0 aliphatic carbocycles. The lowest BCUT2D eigenvalue weighted by Gasteiger charge is -2.39. The average Bonchev–Trinajstić information content (AvgIpc) is 2.93. The first-order valence-corrected chi connectivity index (χ1v) is 5.91. The van der Waals surface area contributed by atoms with Gasteiger partial charge in [-0.15, -0.1) is 0 Å². The molecule has 1 fully saturated rings. The van der Waals surface area contributed by atoms with E-state index < -0.39 is 42.9 Å². The van der Waals surface area contributed by atoms with Crippen LogP contribution >= 0.6 is 0 Å². The van der Waals surface area contributed by atoms with Gasteiger partial charge in [0, 0.05) is 6.42 Å². The number of hydrogen-bond acceptors (Lipinski definition) is 7. The van der Waals surface area contributed by atoms with E-state index in [1.54, 1.807) is 6.07 Å². The van der Waals surface area contributed by atoms with Crippen LogP contribution in [0.25, 0.3) is 0 Å². The van der Waals surface area contributed by atoms with Crippen molar-refractivity contribution in [1.82, 2.24) is 0 Å². The lowest BCUT2D eigenvalue weighted by molar-refractivity contribution is -0.227. The second-order valence-electron chi connectivity index (χ2n) is 4.47. The summed E-state index contributed by atoms with van der Waals surface area (Å²) in [5.41, 5.74) is 0. The molecule has 0 unspecified atom stereocenters. The summed E-state index contributed by atoms with van der Waals surface area (Å²) >= 11 is 0. The van der Waals surface area contributed by atoms with Crippen molar-refractivity contribution in [3.63, 3.8) is 0 Å². The van der Waals surface area contributed by atoms with Gasteiger partial charge in [-0.2, -0.15) is 0 Å². The minimum atomic E-state index is -1.47. The van der Waals surface area contributed by atoms with Gasteiger partial charge in [0.05, 0.1) is 19.0 Å². The Kier molecular flexibility index (Phi) is 4.33. The number of hydrogen-bond donors (Lipinski definition) is 4. The van der Waals surface area contributed by atoms with E-state index in [9.17, 15) is 20.1 Å². The van der Waals surface area contributed by atoms with Crippen LogP contribution in [-0.4, -0.2) is 63.3 Å². The standard InChI is InChI=1S/C12H16O7/c13-5-9-11(16)12(17)10(15)8(19-9)4-6(14)7-2-1-3-18-7/h1-3,8-13,15-17H,4-5H2/t8-,9+,10-,11+,12+/m0/s1. The third kappa shape index (κ3) is 2.85. The number of carbonyl (C=O) groups is 1. The predicted molar refractivity (Wildman–Crippen MR) is 61.4 cm³/mol. The maximum absolute atomic E-state index is 11.8. The van der Waals surface area contributed by atoms with Crippen LogP contribution in [-0.2, 0) is 4.74 Å². The van der Waals surface area contributed by atoms with Gasteiger partial charge in [-0.1, -0.05) is 0 Å². The average molecular weight is 272 g/mol. The summed E-state index contributed by atoms with van der Waals surface area (Å²) in [4.78, 5) is 11.8. The molecule has 1 aromatic rings. The summed E-state index contributed by atoms with van der Waals surface area (Å²) in [6.45, 7) is -0.517. The molecule has 7 nitrogen and oxygen atoms in total. The van der Waals surface area contributed by atoms with Gasteiger partial charge in [-0.3, -0.25) is 4.79 Å². The van der Waals surface area contributed by atoms with Crippen molar-refractivity contribution in [1.29, 1.82) is 0 Å². The Labute approximate surface area is 109 Å². The number of furan rings is 1. The Bertz CT molecular complexity index is 414. The molecule has 7 heteroatoms. The highest BCUT2D eigenvalue weighted by Gasteiger charge is 2.44. The van der Waals surface area contributed by atoms with E-state index in [2.05, 4.69) is 0 Å². The molecule has 0 radical (unpaired) electrons. The molecule has 0 spiro atoms. The quantitative estimate of drug-likeness (QED) is 0.502. The largest absolute Gasteiger partial charge is 0.461 e. The fraction of sp³-hybridized carbons (Fsp3) is 0.583. The Hall–Kier alpha value is -1.25. The van der Waals surface area contributed by atoms with Gasteiger partial charge in [0.1, 0.15) is 24.4 Å². The van der Waals surface area contributed by atoms with Crippen LogP contribution in [0.15, 0.2) is 22.8 Å². The normalized spacial score (nSPS) is 35.3. The zero-order valence-electron chi connectivity index (χ0n) is 10.0. The van der Waals surface area contributed by atoms with E-state index in [1.165, 1.54) is 12.3 Å². The van der Waals surface area contributed by atoms with Crippen LogP contribution in [0.3, 0.4) is 0 Å². The van der Waals surface area contributed by atoms with E-state index in [4.69, 9.17) is 14.3 Å². The fourth-order valence-electron chi connectivity index (χ4n) is 2.07. The molecule has 2 heterocycles. The summed E-state index contributed by atoms with van der Waals surface area (Å²) in [5, 5.41) is 38.0. The highest BCUT2D eigenvalue weighted by Crippen LogP contribution is 2.24. The van der Waals surface area contributed by atoms with Crippen molar-refractivity contribution in [2.24, 2.45) is 0 Å². The van der Waals surface area contributed by atoms with Gasteiger partial charge in [0.25, 0.3) is 0 Å². The smallest absolute Gasteiger partial charge is 0.200 e. The van der Waals surface area contributed by atoms with Crippen LogP contribution < -0.4 is 0 Å². The molecule has 1 saturated heterocycles. The van der Waals surface area contributed by atoms with E-state index >= 15 is 0 Å². The Morgan fingerprint density at radius 1 is 1.16 bits per heavy atom. The molecular weight excluding hydrogens is 256 g/mol. The minimum absolute atomic E-state index is 0.122. The lowest BCUT2D eigenvalue weighted by Crippen LogP contribution is -2.58. The van der Waals surface area contributed by atoms with Crippen molar-refractivity contribution in [2.75, 3.05) is 6.61 Å².